The highest BCUT2D eigenvalue weighted by Gasteiger charge is 2.14. The van der Waals surface area contributed by atoms with Gasteiger partial charge in [-0.3, -0.25) is 4.79 Å². The van der Waals surface area contributed by atoms with Gasteiger partial charge >= 0.3 is 5.97 Å². The molecule has 0 N–H and O–H groups in total. The molecule has 0 bridgehead atoms. The maximum atomic E-state index is 12.8. The summed E-state index contributed by atoms with van der Waals surface area (Å²) in [4.78, 5) is 24.6. The van der Waals surface area contributed by atoms with Crippen LogP contribution in [0.25, 0.3) is 11.0 Å². The van der Waals surface area contributed by atoms with Gasteiger partial charge in [-0.25, -0.2) is 4.79 Å². The lowest BCUT2D eigenvalue weighted by molar-refractivity contribution is -0.150. The largest absolute Gasteiger partial charge is 0.482 e. The third-order valence-corrected chi connectivity index (χ3v) is 4.74. The summed E-state index contributed by atoms with van der Waals surface area (Å²) in [5.74, 6) is 0.949. The van der Waals surface area contributed by atoms with E-state index in [9.17, 15) is 9.59 Å². The van der Waals surface area contributed by atoms with E-state index in [0.717, 1.165) is 12.0 Å². The number of para-hydroxylation sites is 1. The van der Waals surface area contributed by atoms with Crippen molar-refractivity contribution in [3.05, 3.63) is 64.5 Å². The van der Waals surface area contributed by atoms with Gasteiger partial charge in [0.25, 0.3) is 0 Å². The second-order valence-corrected chi connectivity index (χ2v) is 7.38. The first kappa shape index (κ1) is 21.4. The van der Waals surface area contributed by atoms with Crippen molar-refractivity contribution in [1.82, 2.24) is 0 Å². The van der Waals surface area contributed by atoms with Crippen LogP contribution in [0.3, 0.4) is 0 Å². The lowest BCUT2D eigenvalue weighted by Gasteiger charge is -2.13. The zero-order chi connectivity index (χ0) is 21.7. The molecular formula is C24H26O6. The van der Waals surface area contributed by atoms with E-state index >= 15 is 0 Å². The fraction of sp³-hybridized carbons (Fsp3) is 0.333. The topological polar surface area (TPSA) is 75.0 Å². The average Bonchev–Trinajstić information content (AvgIpc) is 2.74. The van der Waals surface area contributed by atoms with Crippen LogP contribution >= 0.6 is 0 Å². The molecule has 1 heterocycles. The molecule has 1 aromatic heterocycles. The normalized spacial score (nSPS) is 12.0. The first-order chi connectivity index (χ1) is 14.4. The van der Waals surface area contributed by atoms with Crippen LogP contribution in [0.4, 0.5) is 0 Å². The number of carbonyl (C=O) groups excluding carboxylic acids is 1. The molecule has 0 spiro atoms. The van der Waals surface area contributed by atoms with Crippen molar-refractivity contribution in [3.8, 4) is 17.2 Å². The summed E-state index contributed by atoms with van der Waals surface area (Å²) in [6.45, 7) is 7.66. The third-order valence-electron chi connectivity index (χ3n) is 4.74. The van der Waals surface area contributed by atoms with Crippen molar-refractivity contribution in [2.24, 2.45) is 0 Å². The molecule has 1 atom stereocenters. The van der Waals surface area contributed by atoms with E-state index < -0.39 is 5.97 Å². The molecule has 6 heteroatoms. The molecule has 158 valence electrons. The minimum Gasteiger partial charge on any atom is -0.482 e. The van der Waals surface area contributed by atoms with Crippen molar-refractivity contribution < 1.29 is 23.4 Å². The molecule has 0 radical (unpaired) electrons. The summed E-state index contributed by atoms with van der Waals surface area (Å²) in [6, 6.07) is 12.4. The fourth-order valence-corrected chi connectivity index (χ4v) is 2.90. The Hall–Kier alpha value is -3.28. The molecule has 6 nitrogen and oxygen atoms in total. The number of ether oxygens (including phenoxy) is 3. The number of rotatable bonds is 8. The molecule has 0 aliphatic heterocycles. The van der Waals surface area contributed by atoms with Crippen LogP contribution in [0.2, 0.25) is 0 Å². The molecule has 2 aromatic carbocycles. The second kappa shape index (κ2) is 9.48. The Morgan fingerprint density at radius 3 is 2.57 bits per heavy atom. The molecule has 0 unspecified atom stereocenters. The molecule has 0 aliphatic rings. The standard InChI is InChI=1S/C24H26O6/c1-5-16(4)29-23(25)14-27-17-10-11-19-21(12-17)28-13-22(24(19)26)30-20-9-7-6-8-18(20)15(2)3/h6-13,15-16H,5,14H2,1-4H3/t16-/m0/s1. The summed E-state index contributed by atoms with van der Waals surface area (Å²) in [5.41, 5.74) is 1.07. The van der Waals surface area contributed by atoms with Gasteiger partial charge in [-0.1, -0.05) is 39.0 Å². The van der Waals surface area contributed by atoms with Crippen LogP contribution in [0.1, 0.15) is 45.6 Å². The van der Waals surface area contributed by atoms with E-state index in [2.05, 4.69) is 13.8 Å². The van der Waals surface area contributed by atoms with Crippen LogP contribution in [0.5, 0.6) is 17.2 Å². The van der Waals surface area contributed by atoms with Gasteiger partial charge in [-0.2, -0.15) is 0 Å². The molecule has 3 aromatic rings. The Morgan fingerprint density at radius 1 is 1.07 bits per heavy atom. The second-order valence-electron chi connectivity index (χ2n) is 7.38. The van der Waals surface area contributed by atoms with Gasteiger partial charge in [-0.05, 0) is 43.0 Å². The van der Waals surface area contributed by atoms with Gasteiger partial charge in [0.1, 0.15) is 23.3 Å². The third kappa shape index (κ3) is 5.00. The Balaban J connectivity index is 1.78. The van der Waals surface area contributed by atoms with Gasteiger partial charge in [0.2, 0.25) is 11.2 Å². The molecule has 30 heavy (non-hydrogen) atoms. The van der Waals surface area contributed by atoms with Gasteiger partial charge in [-0.15, -0.1) is 0 Å². The lowest BCUT2D eigenvalue weighted by atomic mass is 10.0. The van der Waals surface area contributed by atoms with E-state index in [4.69, 9.17) is 18.6 Å². The Bertz CT molecular complexity index is 1080. The first-order valence-corrected chi connectivity index (χ1v) is 10.0. The maximum Gasteiger partial charge on any atom is 0.344 e. The fourth-order valence-electron chi connectivity index (χ4n) is 2.90. The van der Waals surface area contributed by atoms with Gasteiger partial charge in [0, 0.05) is 6.07 Å². The van der Waals surface area contributed by atoms with Crippen LogP contribution < -0.4 is 14.9 Å². The molecule has 3 rings (SSSR count). The molecule has 0 fully saturated rings. The summed E-state index contributed by atoms with van der Waals surface area (Å²) < 4.78 is 22.1. The van der Waals surface area contributed by atoms with Crippen molar-refractivity contribution in [3.63, 3.8) is 0 Å². The minimum atomic E-state index is -0.446. The Morgan fingerprint density at radius 2 is 1.83 bits per heavy atom. The van der Waals surface area contributed by atoms with Crippen LogP contribution in [0, 0.1) is 0 Å². The predicted octanol–water partition coefficient (Wildman–Crippen LogP) is 5.43. The van der Waals surface area contributed by atoms with Crippen molar-refractivity contribution >= 4 is 16.9 Å². The van der Waals surface area contributed by atoms with Crippen molar-refractivity contribution in [2.75, 3.05) is 6.61 Å². The summed E-state index contributed by atoms with van der Waals surface area (Å²) in [6.07, 6.45) is 1.87. The van der Waals surface area contributed by atoms with Crippen LogP contribution in [-0.4, -0.2) is 18.7 Å². The number of hydrogen-bond acceptors (Lipinski definition) is 6. The monoisotopic (exact) mass is 410 g/mol. The highest BCUT2D eigenvalue weighted by Crippen LogP contribution is 2.30. The zero-order valence-electron chi connectivity index (χ0n) is 17.6. The Labute approximate surface area is 175 Å². The van der Waals surface area contributed by atoms with Crippen LogP contribution in [-0.2, 0) is 9.53 Å². The molecule has 0 saturated heterocycles. The highest BCUT2D eigenvalue weighted by molar-refractivity contribution is 5.79. The quantitative estimate of drug-likeness (QED) is 0.461. The molecular weight excluding hydrogens is 384 g/mol. The van der Waals surface area contributed by atoms with Gasteiger partial charge in [0.15, 0.2) is 6.61 Å². The van der Waals surface area contributed by atoms with E-state index in [1.54, 1.807) is 18.2 Å². The summed E-state index contributed by atoms with van der Waals surface area (Å²) in [7, 11) is 0. The van der Waals surface area contributed by atoms with E-state index in [1.807, 2.05) is 38.1 Å². The maximum absolute atomic E-state index is 12.8. The molecule has 0 saturated carbocycles. The minimum absolute atomic E-state index is 0.112. The number of hydrogen-bond donors (Lipinski definition) is 0. The van der Waals surface area contributed by atoms with Crippen molar-refractivity contribution in [2.45, 2.75) is 46.1 Å². The smallest absolute Gasteiger partial charge is 0.344 e. The predicted molar refractivity (Wildman–Crippen MR) is 114 cm³/mol. The number of fused-ring (bicyclic) bond motifs is 1. The summed E-state index contributed by atoms with van der Waals surface area (Å²) in [5, 5.41) is 0.365. The van der Waals surface area contributed by atoms with Crippen LogP contribution in [0.15, 0.2) is 57.9 Å². The molecule has 0 amide bonds. The van der Waals surface area contributed by atoms with Crippen molar-refractivity contribution in [1.29, 1.82) is 0 Å². The van der Waals surface area contributed by atoms with Gasteiger partial charge < -0.3 is 18.6 Å². The van der Waals surface area contributed by atoms with Gasteiger partial charge in [0.05, 0.1) is 11.5 Å². The summed E-state index contributed by atoms with van der Waals surface area (Å²) >= 11 is 0. The van der Waals surface area contributed by atoms with E-state index in [-0.39, 0.29) is 29.8 Å². The SMILES string of the molecule is CC[C@H](C)OC(=O)COc1ccc2c(=O)c(Oc3ccccc3C(C)C)coc2c1. The number of carbonyl (C=O) groups is 1. The lowest BCUT2D eigenvalue weighted by Crippen LogP contribution is -2.20. The first-order valence-electron chi connectivity index (χ1n) is 10.0. The zero-order valence-corrected chi connectivity index (χ0v) is 17.6. The number of benzene rings is 2. The van der Waals surface area contributed by atoms with E-state index in [0.29, 0.717) is 22.5 Å². The number of esters is 1. The average molecular weight is 410 g/mol. The molecule has 0 aliphatic carbocycles. The highest BCUT2D eigenvalue weighted by atomic mass is 16.6. The Kier molecular flexibility index (Phi) is 6.77. The van der Waals surface area contributed by atoms with E-state index in [1.165, 1.54) is 6.26 Å².